The molecule has 0 aliphatic carbocycles. The van der Waals surface area contributed by atoms with Crippen LogP contribution in [0.25, 0.3) is 0 Å². The first-order chi connectivity index (χ1) is 12.3. The zero-order valence-electron chi connectivity index (χ0n) is 16.1. The van der Waals surface area contributed by atoms with E-state index in [0.717, 1.165) is 34.6 Å². The van der Waals surface area contributed by atoms with Crippen LogP contribution in [0.5, 0.6) is 0 Å². The lowest BCUT2D eigenvalue weighted by atomic mass is 9.78. The van der Waals surface area contributed by atoms with Gasteiger partial charge in [0.05, 0.1) is 11.2 Å². The van der Waals surface area contributed by atoms with Crippen molar-refractivity contribution >= 4 is 30.3 Å². The summed E-state index contributed by atoms with van der Waals surface area (Å²) in [4.78, 5) is 4.59. The van der Waals surface area contributed by atoms with Crippen LogP contribution in [0.4, 0.5) is 11.5 Å². The average Bonchev–Trinajstić information content (AvgIpc) is 2.83. The summed E-state index contributed by atoms with van der Waals surface area (Å²) in [6.45, 7) is 10.2. The normalized spacial score (nSPS) is 18.0. The highest BCUT2D eigenvalue weighted by Crippen LogP contribution is 2.36. The molecule has 0 spiro atoms. The van der Waals surface area contributed by atoms with E-state index in [1.54, 1.807) is 0 Å². The largest absolute Gasteiger partial charge is 0.494 e. The van der Waals surface area contributed by atoms with Crippen molar-refractivity contribution in [3.63, 3.8) is 0 Å². The summed E-state index contributed by atoms with van der Waals surface area (Å²) in [7, 11) is -0.435. The van der Waals surface area contributed by atoms with Crippen LogP contribution >= 0.6 is 0 Å². The lowest BCUT2D eigenvalue weighted by Gasteiger charge is -2.32. The smallest absolute Gasteiger partial charge is 0.399 e. The predicted octanol–water partition coefficient (Wildman–Crippen LogP) is 3.68. The fourth-order valence-corrected chi connectivity index (χ4v) is 2.82. The van der Waals surface area contributed by atoms with Gasteiger partial charge in [0.15, 0.2) is 0 Å². The summed E-state index contributed by atoms with van der Waals surface area (Å²) >= 11 is 0. The highest BCUT2D eigenvalue weighted by Gasteiger charge is 2.51. The molecule has 0 unspecified atom stereocenters. The van der Waals surface area contributed by atoms with Gasteiger partial charge in [-0.05, 0) is 57.8 Å². The van der Waals surface area contributed by atoms with Crippen LogP contribution in [0.1, 0.15) is 45.9 Å². The van der Waals surface area contributed by atoms with Crippen molar-refractivity contribution < 1.29 is 9.31 Å². The Morgan fingerprint density at radius 1 is 1.12 bits per heavy atom. The first-order valence-electron chi connectivity index (χ1n) is 8.99. The molecule has 1 aliphatic rings. The fraction of sp³-hybridized carbons (Fsp3) is 0.400. The number of hydrogen-bond acceptors (Lipinski definition) is 5. The van der Waals surface area contributed by atoms with E-state index < -0.39 is 7.12 Å². The minimum Gasteiger partial charge on any atom is -0.399 e. The molecule has 1 aliphatic heterocycles. The van der Waals surface area contributed by atoms with Crippen LogP contribution < -0.4 is 10.8 Å². The summed E-state index contributed by atoms with van der Waals surface area (Å²) in [6, 6.07) is 11.7. The molecule has 1 aromatic carbocycles. The highest BCUT2D eigenvalue weighted by molar-refractivity contribution is 6.62. The molecule has 1 fully saturated rings. The predicted molar refractivity (Wildman–Crippen MR) is 107 cm³/mol. The Balaban J connectivity index is 1.91. The summed E-state index contributed by atoms with van der Waals surface area (Å²) in [5, 5.41) is 11.0. The molecule has 0 atom stereocenters. The zero-order valence-corrected chi connectivity index (χ0v) is 16.1. The van der Waals surface area contributed by atoms with Crippen LogP contribution in [-0.2, 0) is 15.7 Å². The molecular formula is C20H26BN3O2. The summed E-state index contributed by atoms with van der Waals surface area (Å²) in [5.74, 6) is 0.763. The molecule has 3 rings (SSSR count). The summed E-state index contributed by atoms with van der Waals surface area (Å²) in [5.41, 5.74) is 2.77. The van der Waals surface area contributed by atoms with E-state index in [1.165, 1.54) is 6.21 Å². The van der Waals surface area contributed by atoms with Crippen LogP contribution in [0.15, 0.2) is 36.4 Å². The first kappa shape index (κ1) is 18.6. The van der Waals surface area contributed by atoms with E-state index in [9.17, 15) is 0 Å². The van der Waals surface area contributed by atoms with Gasteiger partial charge in [0.25, 0.3) is 0 Å². The Morgan fingerprint density at radius 3 is 2.42 bits per heavy atom. The molecule has 0 saturated carbocycles. The number of nitrogens with one attached hydrogen (secondary N) is 2. The minimum atomic E-state index is -0.435. The molecule has 0 amide bonds. The van der Waals surface area contributed by atoms with E-state index in [1.807, 2.05) is 64.1 Å². The van der Waals surface area contributed by atoms with Gasteiger partial charge >= 0.3 is 7.12 Å². The molecule has 1 saturated heterocycles. The molecule has 5 nitrogen and oxygen atoms in total. The molecular weight excluding hydrogens is 325 g/mol. The van der Waals surface area contributed by atoms with Gasteiger partial charge in [0.1, 0.15) is 5.82 Å². The molecule has 0 radical (unpaired) electrons. The second kappa shape index (κ2) is 6.85. The van der Waals surface area contributed by atoms with Gasteiger partial charge in [0.2, 0.25) is 0 Å². The number of aryl methyl sites for hydroxylation is 1. The van der Waals surface area contributed by atoms with Crippen molar-refractivity contribution in [2.24, 2.45) is 0 Å². The van der Waals surface area contributed by atoms with Crippen LogP contribution in [-0.4, -0.2) is 29.5 Å². The second-order valence-corrected chi connectivity index (χ2v) is 7.57. The Morgan fingerprint density at radius 2 is 1.81 bits per heavy atom. The van der Waals surface area contributed by atoms with Crippen LogP contribution in [0.2, 0.25) is 0 Å². The number of aromatic nitrogens is 1. The number of anilines is 2. The SMILES string of the molecule is CCc1cccc(Nc2cc(B3OC(C)(C)C(C)(C)O3)ccc2C=N)n1. The van der Waals surface area contributed by atoms with E-state index in [4.69, 9.17) is 14.7 Å². The Bertz CT molecular complexity index is 804. The van der Waals surface area contributed by atoms with Gasteiger partial charge in [-0.1, -0.05) is 25.1 Å². The van der Waals surface area contributed by atoms with Crippen molar-refractivity contribution in [2.75, 3.05) is 5.32 Å². The highest BCUT2D eigenvalue weighted by atomic mass is 16.7. The third-order valence-corrected chi connectivity index (χ3v) is 5.19. The Labute approximate surface area is 155 Å². The van der Waals surface area contributed by atoms with Gasteiger partial charge in [-0.15, -0.1) is 0 Å². The van der Waals surface area contributed by atoms with Gasteiger partial charge in [-0.2, -0.15) is 0 Å². The van der Waals surface area contributed by atoms with E-state index >= 15 is 0 Å². The topological polar surface area (TPSA) is 67.2 Å². The Hall–Kier alpha value is -2.18. The maximum atomic E-state index is 7.69. The monoisotopic (exact) mass is 351 g/mol. The van der Waals surface area contributed by atoms with Gasteiger partial charge in [0, 0.05) is 23.2 Å². The van der Waals surface area contributed by atoms with Gasteiger partial charge < -0.3 is 20.0 Å². The van der Waals surface area contributed by atoms with Crippen molar-refractivity contribution in [1.82, 2.24) is 4.98 Å². The van der Waals surface area contributed by atoms with Gasteiger partial charge in [-0.25, -0.2) is 4.98 Å². The van der Waals surface area contributed by atoms with E-state index in [-0.39, 0.29) is 11.2 Å². The van der Waals surface area contributed by atoms with Crippen molar-refractivity contribution in [3.8, 4) is 0 Å². The number of benzene rings is 1. The summed E-state index contributed by atoms with van der Waals surface area (Å²) < 4.78 is 12.3. The molecule has 1 aromatic heterocycles. The molecule has 26 heavy (non-hydrogen) atoms. The minimum absolute atomic E-state index is 0.386. The van der Waals surface area contributed by atoms with Crippen molar-refractivity contribution in [2.45, 2.75) is 52.2 Å². The van der Waals surface area contributed by atoms with Crippen molar-refractivity contribution in [3.05, 3.63) is 47.7 Å². The molecule has 6 heteroatoms. The molecule has 136 valence electrons. The van der Waals surface area contributed by atoms with E-state index in [0.29, 0.717) is 0 Å². The zero-order chi connectivity index (χ0) is 18.9. The van der Waals surface area contributed by atoms with Crippen molar-refractivity contribution in [1.29, 1.82) is 5.41 Å². The van der Waals surface area contributed by atoms with Gasteiger partial charge in [-0.3, -0.25) is 0 Å². The second-order valence-electron chi connectivity index (χ2n) is 7.57. The van der Waals surface area contributed by atoms with Crippen LogP contribution in [0.3, 0.4) is 0 Å². The molecule has 2 aromatic rings. The third-order valence-electron chi connectivity index (χ3n) is 5.19. The Kier molecular flexibility index (Phi) is 4.91. The lowest BCUT2D eigenvalue weighted by Crippen LogP contribution is -2.41. The maximum absolute atomic E-state index is 7.69. The quantitative estimate of drug-likeness (QED) is 0.637. The lowest BCUT2D eigenvalue weighted by molar-refractivity contribution is 0.00578. The number of hydrogen-bond donors (Lipinski definition) is 2. The average molecular weight is 351 g/mol. The maximum Gasteiger partial charge on any atom is 0.494 e. The third kappa shape index (κ3) is 3.52. The number of nitrogens with zero attached hydrogens (tertiary/aromatic N) is 1. The van der Waals surface area contributed by atoms with E-state index in [2.05, 4.69) is 17.2 Å². The standard InChI is InChI=1S/C20H26BN3O2/c1-6-16-8-7-9-18(23-16)24-17-12-15(11-10-14(17)13-22)21-25-19(2,3)20(4,5)26-21/h7-13,22H,6H2,1-5H3,(H,23,24). The number of pyridine rings is 1. The summed E-state index contributed by atoms with van der Waals surface area (Å²) in [6.07, 6.45) is 2.21. The van der Waals surface area contributed by atoms with Crippen LogP contribution in [0, 0.1) is 5.41 Å². The molecule has 2 heterocycles. The number of rotatable bonds is 5. The first-order valence-corrected chi connectivity index (χ1v) is 8.99. The fourth-order valence-electron chi connectivity index (χ4n) is 2.82. The molecule has 2 N–H and O–H groups in total. The molecule has 0 bridgehead atoms.